The molecule has 0 radical (unpaired) electrons. The molecule has 0 spiro atoms. The van der Waals surface area contributed by atoms with Crippen LogP contribution in [-0.4, -0.2) is 34.0 Å². The predicted molar refractivity (Wildman–Crippen MR) is 102 cm³/mol. The monoisotopic (exact) mass is 362 g/mol. The highest BCUT2D eigenvalue weighted by molar-refractivity contribution is 5.92. The van der Waals surface area contributed by atoms with Crippen molar-refractivity contribution in [1.29, 1.82) is 0 Å². The summed E-state index contributed by atoms with van der Waals surface area (Å²) in [6.07, 6.45) is 5.00. The number of nitrogens with one attached hydrogen (secondary N) is 1. The number of aromatic nitrogens is 4. The van der Waals surface area contributed by atoms with Crippen LogP contribution < -0.4 is 15.0 Å². The van der Waals surface area contributed by atoms with Crippen molar-refractivity contribution in [3.05, 3.63) is 71.0 Å². The van der Waals surface area contributed by atoms with Gasteiger partial charge >= 0.3 is 0 Å². The molecule has 0 aliphatic carbocycles. The van der Waals surface area contributed by atoms with E-state index >= 15 is 0 Å². The quantitative estimate of drug-likeness (QED) is 0.590. The summed E-state index contributed by atoms with van der Waals surface area (Å²) in [6, 6.07) is 11.3. The molecule has 0 fully saturated rings. The lowest BCUT2D eigenvalue weighted by Gasteiger charge is -2.12. The van der Waals surface area contributed by atoms with Crippen molar-refractivity contribution in [1.82, 2.24) is 19.7 Å². The van der Waals surface area contributed by atoms with Crippen LogP contribution in [0, 0.1) is 0 Å². The van der Waals surface area contributed by atoms with Gasteiger partial charge in [-0.05, 0) is 29.8 Å². The van der Waals surface area contributed by atoms with E-state index in [1.807, 2.05) is 36.4 Å². The Labute approximate surface area is 155 Å². The maximum Gasteiger partial charge on any atom is 0.265 e. The third-order valence-electron chi connectivity index (χ3n) is 4.45. The van der Waals surface area contributed by atoms with Crippen molar-refractivity contribution in [3.63, 3.8) is 0 Å². The molecule has 0 saturated carbocycles. The van der Waals surface area contributed by atoms with E-state index in [9.17, 15) is 4.79 Å². The van der Waals surface area contributed by atoms with Crippen LogP contribution in [-0.2, 0) is 6.54 Å². The molecule has 0 atom stereocenters. The second-order valence-corrected chi connectivity index (χ2v) is 6.06. The fourth-order valence-corrected chi connectivity index (χ4v) is 3.13. The van der Waals surface area contributed by atoms with Gasteiger partial charge in [-0.1, -0.05) is 12.1 Å². The Bertz CT molecular complexity index is 1150. The molecule has 27 heavy (non-hydrogen) atoms. The van der Waals surface area contributed by atoms with Gasteiger partial charge < -0.3 is 9.47 Å². The molecule has 7 heteroatoms. The van der Waals surface area contributed by atoms with E-state index in [1.54, 1.807) is 37.5 Å². The summed E-state index contributed by atoms with van der Waals surface area (Å²) in [4.78, 5) is 17.6. The van der Waals surface area contributed by atoms with E-state index in [2.05, 4.69) is 15.2 Å². The highest BCUT2D eigenvalue weighted by Gasteiger charge is 2.16. The molecule has 7 nitrogen and oxygen atoms in total. The van der Waals surface area contributed by atoms with Crippen LogP contribution in [0.5, 0.6) is 11.5 Å². The molecule has 0 bridgehead atoms. The average molecular weight is 362 g/mol. The van der Waals surface area contributed by atoms with Crippen molar-refractivity contribution in [3.8, 4) is 22.6 Å². The second-order valence-electron chi connectivity index (χ2n) is 6.06. The first-order valence-electron chi connectivity index (χ1n) is 8.39. The number of aromatic amines is 1. The Balaban J connectivity index is 1.86. The van der Waals surface area contributed by atoms with Crippen LogP contribution in [0.25, 0.3) is 22.0 Å². The van der Waals surface area contributed by atoms with Gasteiger partial charge in [0.1, 0.15) is 16.9 Å². The fourth-order valence-electron chi connectivity index (χ4n) is 3.13. The molecule has 4 aromatic rings. The van der Waals surface area contributed by atoms with Gasteiger partial charge in [0.25, 0.3) is 5.56 Å². The number of methoxy groups -OCH3 is 2. The topological polar surface area (TPSA) is 82.0 Å². The number of hydrogen-bond acceptors (Lipinski definition) is 5. The van der Waals surface area contributed by atoms with Gasteiger partial charge in [-0.3, -0.25) is 14.5 Å². The first-order chi connectivity index (χ1) is 13.2. The molecule has 0 unspecified atom stereocenters. The third-order valence-corrected chi connectivity index (χ3v) is 4.45. The molecule has 2 aromatic heterocycles. The van der Waals surface area contributed by atoms with Gasteiger partial charge in [0.2, 0.25) is 0 Å². The Morgan fingerprint density at radius 1 is 1.15 bits per heavy atom. The molecule has 2 heterocycles. The highest BCUT2D eigenvalue weighted by Crippen LogP contribution is 2.34. The summed E-state index contributed by atoms with van der Waals surface area (Å²) < 4.78 is 12.4. The maximum atomic E-state index is 13.2. The summed E-state index contributed by atoms with van der Waals surface area (Å²) in [5.41, 5.74) is 3.01. The summed E-state index contributed by atoms with van der Waals surface area (Å²) in [5, 5.41) is 7.20. The van der Waals surface area contributed by atoms with E-state index < -0.39 is 0 Å². The van der Waals surface area contributed by atoms with Gasteiger partial charge in [0.15, 0.2) is 0 Å². The van der Waals surface area contributed by atoms with Crippen LogP contribution in [0.1, 0.15) is 5.56 Å². The van der Waals surface area contributed by atoms with Gasteiger partial charge in [-0.2, -0.15) is 5.10 Å². The molecule has 0 aliphatic heterocycles. The van der Waals surface area contributed by atoms with E-state index in [-0.39, 0.29) is 5.56 Å². The predicted octanol–water partition coefficient (Wildman–Crippen LogP) is 2.85. The zero-order valence-corrected chi connectivity index (χ0v) is 15.0. The number of fused-ring (bicyclic) bond motifs is 1. The zero-order valence-electron chi connectivity index (χ0n) is 15.0. The van der Waals surface area contributed by atoms with Crippen molar-refractivity contribution in [2.24, 2.45) is 0 Å². The zero-order chi connectivity index (χ0) is 18.8. The molecule has 0 saturated heterocycles. The SMILES string of the molecule is COc1cccc(Cn2cnc3ccc(-c4cn[nH]c4)c(OC)c3c2=O)c1. The lowest BCUT2D eigenvalue weighted by atomic mass is 10.1. The lowest BCUT2D eigenvalue weighted by Crippen LogP contribution is -2.21. The Kier molecular flexibility index (Phi) is 4.33. The van der Waals surface area contributed by atoms with Crippen LogP contribution in [0.4, 0.5) is 0 Å². The molecular weight excluding hydrogens is 344 g/mol. The Morgan fingerprint density at radius 3 is 2.78 bits per heavy atom. The number of rotatable bonds is 5. The van der Waals surface area contributed by atoms with Gasteiger partial charge in [-0.25, -0.2) is 4.98 Å². The van der Waals surface area contributed by atoms with Gasteiger partial charge in [0.05, 0.1) is 38.8 Å². The van der Waals surface area contributed by atoms with E-state index in [0.717, 1.165) is 22.4 Å². The standard InChI is InChI=1S/C20H18N4O3/c1-26-15-5-3-4-13(8-15)11-24-12-21-17-7-6-16(14-9-22-23-10-14)19(27-2)18(17)20(24)25/h3-10,12H,11H2,1-2H3,(H,22,23). The molecule has 4 rings (SSSR count). The first-order valence-corrected chi connectivity index (χ1v) is 8.39. The van der Waals surface area contributed by atoms with Gasteiger partial charge in [-0.15, -0.1) is 0 Å². The smallest absolute Gasteiger partial charge is 0.265 e. The van der Waals surface area contributed by atoms with Crippen molar-refractivity contribution in [2.45, 2.75) is 6.54 Å². The summed E-state index contributed by atoms with van der Waals surface area (Å²) in [7, 11) is 3.17. The molecule has 0 amide bonds. The minimum Gasteiger partial charge on any atom is -0.497 e. The summed E-state index contributed by atoms with van der Waals surface area (Å²) >= 11 is 0. The number of hydrogen-bond donors (Lipinski definition) is 1. The number of benzene rings is 2. The first kappa shape index (κ1) is 16.8. The van der Waals surface area contributed by atoms with E-state index in [1.165, 1.54) is 0 Å². The number of nitrogens with zero attached hydrogens (tertiary/aromatic N) is 3. The minimum atomic E-state index is -0.162. The van der Waals surface area contributed by atoms with Crippen molar-refractivity contribution in [2.75, 3.05) is 14.2 Å². The molecule has 1 N–H and O–H groups in total. The third kappa shape index (κ3) is 3.03. The average Bonchev–Trinajstić information content (AvgIpc) is 3.24. The molecule has 2 aromatic carbocycles. The van der Waals surface area contributed by atoms with Crippen molar-refractivity contribution >= 4 is 10.9 Å². The second kappa shape index (κ2) is 6.95. The summed E-state index contributed by atoms with van der Waals surface area (Å²) in [6.45, 7) is 0.387. The van der Waals surface area contributed by atoms with Crippen LogP contribution in [0.15, 0.2) is 59.9 Å². The molecular formula is C20H18N4O3. The lowest BCUT2D eigenvalue weighted by molar-refractivity contribution is 0.414. The Hall–Kier alpha value is -3.61. The van der Waals surface area contributed by atoms with E-state index in [0.29, 0.717) is 23.2 Å². The van der Waals surface area contributed by atoms with Crippen LogP contribution in [0.3, 0.4) is 0 Å². The molecule has 0 aliphatic rings. The number of ether oxygens (including phenoxy) is 2. The maximum absolute atomic E-state index is 13.2. The van der Waals surface area contributed by atoms with E-state index in [4.69, 9.17) is 9.47 Å². The number of H-pyrrole nitrogens is 1. The highest BCUT2D eigenvalue weighted by atomic mass is 16.5. The largest absolute Gasteiger partial charge is 0.497 e. The minimum absolute atomic E-state index is 0.162. The van der Waals surface area contributed by atoms with Gasteiger partial charge in [0, 0.05) is 17.3 Å². The molecule has 136 valence electrons. The van der Waals surface area contributed by atoms with Crippen LogP contribution in [0.2, 0.25) is 0 Å². The Morgan fingerprint density at radius 2 is 2.04 bits per heavy atom. The van der Waals surface area contributed by atoms with Crippen LogP contribution >= 0.6 is 0 Å². The van der Waals surface area contributed by atoms with Crippen molar-refractivity contribution < 1.29 is 9.47 Å². The fraction of sp³-hybridized carbons (Fsp3) is 0.150. The normalized spacial score (nSPS) is 10.9. The summed E-state index contributed by atoms with van der Waals surface area (Å²) in [5.74, 6) is 1.24.